The van der Waals surface area contributed by atoms with Crippen molar-refractivity contribution < 1.29 is 0 Å². The molecule has 0 aliphatic carbocycles. The maximum atomic E-state index is 11.0. The molecule has 1 aromatic heterocycles. The largest absolute Gasteiger partial charge is 0.330 e. The van der Waals surface area contributed by atoms with Gasteiger partial charge in [-0.15, -0.1) is 0 Å². The third-order valence-electron chi connectivity index (χ3n) is 1.55. The molecule has 0 atom stereocenters. The summed E-state index contributed by atoms with van der Waals surface area (Å²) >= 11 is 0. The molecule has 3 nitrogen and oxygen atoms in total. The number of rotatable bonds is 3. The van der Waals surface area contributed by atoms with Crippen LogP contribution < -0.4 is 11.3 Å². The van der Waals surface area contributed by atoms with Crippen LogP contribution in [0.2, 0.25) is 0 Å². The highest BCUT2D eigenvalue weighted by molar-refractivity contribution is 5.08. The normalized spacial score (nSPS) is 9.91. The van der Waals surface area contributed by atoms with E-state index in [2.05, 4.69) is 4.98 Å². The molecule has 0 aliphatic heterocycles. The van der Waals surface area contributed by atoms with Crippen LogP contribution >= 0.6 is 0 Å². The Hall–Kier alpha value is -1.09. The summed E-state index contributed by atoms with van der Waals surface area (Å²) in [7, 11) is 0. The van der Waals surface area contributed by atoms with Gasteiger partial charge < -0.3 is 10.7 Å². The lowest BCUT2D eigenvalue weighted by atomic mass is 10.1. The van der Waals surface area contributed by atoms with Gasteiger partial charge in [0.1, 0.15) is 0 Å². The van der Waals surface area contributed by atoms with Gasteiger partial charge in [0, 0.05) is 11.8 Å². The van der Waals surface area contributed by atoms with Gasteiger partial charge in [0.2, 0.25) is 0 Å². The lowest BCUT2D eigenvalue weighted by Gasteiger charge is -1.95. The molecule has 0 saturated heterocycles. The number of nitrogens with two attached hydrogens (primary N) is 1. The van der Waals surface area contributed by atoms with Crippen molar-refractivity contribution in [3.8, 4) is 0 Å². The van der Waals surface area contributed by atoms with Crippen molar-refractivity contribution in [2.24, 2.45) is 5.73 Å². The molecule has 0 fully saturated rings. The second-order valence-electron chi connectivity index (χ2n) is 2.42. The molecule has 1 heterocycles. The molecule has 0 radical (unpaired) electrons. The number of aromatic amines is 1. The molecule has 60 valence electrons. The molecule has 0 aromatic carbocycles. The topological polar surface area (TPSA) is 58.9 Å². The van der Waals surface area contributed by atoms with Crippen molar-refractivity contribution in [2.45, 2.75) is 12.8 Å². The van der Waals surface area contributed by atoms with Crippen molar-refractivity contribution in [1.29, 1.82) is 0 Å². The van der Waals surface area contributed by atoms with Crippen molar-refractivity contribution in [1.82, 2.24) is 4.98 Å². The first kappa shape index (κ1) is 8.01. The van der Waals surface area contributed by atoms with Crippen LogP contribution in [-0.4, -0.2) is 11.5 Å². The summed E-state index contributed by atoms with van der Waals surface area (Å²) < 4.78 is 0. The fourth-order valence-corrected chi connectivity index (χ4v) is 0.946. The summed E-state index contributed by atoms with van der Waals surface area (Å²) in [5.74, 6) is 0. The Labute approximate surface area is 65.2 Å². The molecule has 11 heavy (non-hydrogen) atoms. The van der Waals surface area contributed by atoms with Crippen LogP contribution in [0.15, 0.2) is 23.1 Å². The van der Waals surface area contributed by atoms with E-state index in [0.717, 1.165) is 18.4 Å². The predicted octanol–water partition coefficient (Wildman–Crippen LogP) is 0.266. The van der Waals surface area contributed by atoms with Gasteiger partial charge in [-0.05, 0) is 25.5 Å². The molecule has 0 amide bonds. The van der Waals surface area contributed by atoms with E-state index in [1.165, 1.54) is 0 Å². The zero-order chi connectivity index (χ0) is 8.10. The van der Waals surface area contributed by atoms with Crippen molar-refractivity contribution >= 4 is 0 Å². The Morgan fingerprint density at radius 2 is 2.36 bits per heavy atom. The summed E-state index contributed by atoms with van der Waals surface area (Å²) in [5.41, 5.74) is 6.13. The van der Waals surface area contributed by atoms with E-state index in [9.17, 15) is 4.79 Å². The van der Waals surface area contributed by atoms with E-state index in [1.54, 1.807) is 6.20 Å². The number of hydrogen-bond donors (Lipinski definition) is 2. The monoisotopic (exact) mass is 152 g/mol. The van der Waals surface area contributed by atoms with Crippen molar-refractivity contribution in [3.63, 3.8) is 0 Å². The third kappa shape index (κ3) is 2.20. The van der Waals surface area contributed by atoms with Gasteiger partial charge in [0.05, 0.1) is 0 Å². The molecule has 0 aliphatic rings. The third-order valence-corrected chi connectivity index (χ3v) is 1.55. The Bertz CT molecular complexity index is 267. The van der Waals surface area contributed by atoms with Crippen LogP contribution in [0.4, 0.5) is 0 Å². The molecule has 0 unspecified atom stereocenters. The van der Waals surface area contributed by atoms with Gasteiger partial charge >= 0.3 is 0 Å². The first-order valence-corrected chi connectivity index (χ1v) is 3.71. The highest BCUT2D eigenvalue weighted by Gasteiger charge is 1.95. The minimum atomic E-state index is 0.000880. The van der Waals surface area contributed by atoms with Gasteiger partial charge in [0.15, 0.2) is 0 Å². The molecule has 1 aromatic rings. The van der Waals surface area contributed by atoms with Gasteiger partial charge in [-0.25, -0.2) is 0 Å². The maximum absolute atomic E-state index is 11.0. The van der Waals surface area contributed by atoms with Crippen LogP contribution in [0.3, 0.4) is 0 Å². The lowest BCUT2D eigenvalue weighted by Crippen LogP contribution is -2.12. The minimum absolute atomic E-state index is 0.000880. The second-order valence-corrected chi connectivity index (χ2v) is 2.42. The smallest absolute Gasteiger partial charge is 0.251 e. The number of aryl methyl sites for hydroxylation is 1. The Morgan fingerprint density at radius 1 is 1.55 bits per heavy atom. The SMILES string of the molecule is NCCCc1ccc[nH]c1=O. The molecule has 0 saturated carbocycles. The molecular formula is C8H12N2O. The number of aromatic nitrogens is 1. The molecular weight excluding hydrogens is 140 g/mol. The van der Waals surface area contributed by atoms with E-state index >= 15 is 0 Å². The molecule has 3 heteroatoms. The molecule has 3 N–H and O–H groups in total. The summed E-state index contributed by atoms with van der Waals surface area (Å²) in [6, 6.07) is 3.65. The van der Waals surface area contributed by atoms with Gasteiger partial charge in [0.25, 0.3) is 5.56 Å². The number of hydrogen-bond acceptors (Lipinski definition) is 2. The molecule has 0 spiro atoms. The number of nitrogens with one attached hydrogen (secondary N) is 1. The highest BCUT2D eigenvalue weighted by atomic mass is 16.1. The van der Waals surface area contributed by atoms with E-state index in [0.29, 0.717) is 6.54 Å². The molecule has 0 bridgehead atoms. The fourth-order valence-electron chi connectivity index (χ4n) is 0.946. The van der Waals surface area contributed by atoms with Crippen LogP contribution in [-0.2, 0) is 6.42 Å². The lowest BCUT2D eigenvalue weighted by molar-refractivity contribution is 0.822. The maximum Gasteiger partial charge on any atom is 0.251 e. The van der Waals surface area contributed by atoms with Gasteiger partial charge in [-0.3, -0.25) is 4.79 Å². The summed E-state index contributed by atoms with van der Waals surface area (Å²) in [6.07, 6.45) is 3.27. The van der Waals surface area contributed by atoms with E-state index in [1.807, 2.05) is 12.1 Å². The minimum Gasteiger partial charge on any atom is -0.330 e. The summed E-state index contributed by atoms with van der Waals surface area (Å²) in [4.78, 5) is 13.6. The first-order chi connectivity index (χ1) is 5.34. The number of H-pyrrole nitrogens is 1. The van der Waals surface area contributed by atoms with Crippen LogP contribution in [0.5, 0.6) is 0 Å². The van der Waals surface area contributed by atoms with Crippen molar-refractivity contribution in [2.75, 3.05) is 6.54 Å². The second kappa shape index (κ2) is 3.93. The van der Waals surface area contributed by atoms with Gasteiger partial charge in [-0.1, -0.05) is 6.07 Å². The molecule has 1 rings (SSSR count). The van der Waals surface area contributed by atoms with Gasteiger partial charge in [-0.2, -0.15) is 0 Å². The average Bonchev–Trinajstić information content (AvgIpc) is 2.03. The van der Waals surface area contributed by atoms with E-state index in [4.69, 9.17) is 5.73 Å². The predicted molar refractivity (Wildman–Crippen MR) is 44.4 cm³/mol. The quantitative estimate of drug-likeness (QED) is 0.653. The van der Waals surface area contributed by atoms with E-state index in [-0.39, 0.29) is 5.56 Å². The zero-order valence-electron chi connectivity index (χ0n) is 6.34. The Kier molecular flexibility index (Phi) is 2.86. The van der Waals surface area contributed by atoms with Crippen LogP contribution in [0, 0.1) is 0 Å². The fraction of sp³-hybridized carbons (Fsp3) is 0.375. The standard InChI is InChI=1S/C8H12N2O/c9-5-1-3-7-4-2-6-10-8(7)11/h2,4,6H,1,3,5,9H2,(H,10,11). The Morgan fingerprint density at radius 3 is 3.00 bits per heavy atom. The Balaban J connectivity index is 2.70. The zero-order valence-corrected chi connectivity index (χ0v) is 6.34. The number of pyridine rings is 1. The average molecular weight is 152 g/mol. The van der Waals surface area contributed by atoms with Crippen LogP contribution in [0.25, 0.3) is 0 Å². The first-order valence-electron chi connectivity index (χ1n) is 3.71. The summed E-state index contributed by atoms with van der Waals surface area (Å²) in [5, 5.41) is 0. The van der Waals surface area contributed by atoms with E-state index < -0.39 is 0 Å². The highest BCUT2D eigenvalue weighted by Crippen LogP contribution is 1.92. The van der Waals surface area contributed by atoms with Crippen molar-refractivity contribution in [3.05, 3.63) is 34.2 Å². The van der Waals surface area contributed by atoms with Crippen LogP contribution in [0.1, 0.15) is 12.0 Å². The summed E-state index contributed by atoms with van der Waals surface area (Å²) in [6.45, 7) is 0.633.